The summed E-state index contributed by atoms with van der Waals surface area (Å²) in [6, 6.07) is 18.7. The van der Waals surface area contributed by atoms with Crippen LogP contribution in [-0.2, 0) is 26.2 Å². The van der Waals surface area contributed by atoms with Gasteiger partial charge in [0.25, 0.3) is 10.0 Å². The van der Waals surface area contributed by atoms with E-state index in [4.69, 9.17) is 23.2 Å². The second-order valence-electron chi connectivity index (χ2n) is 8.92. The van der Waals surface area contributed by atoms with Crippen LogP contribution in [0, 0.1) is 6.92 Å². The Labute approximate surface area is 234 Å². The highest BCUT2D eigenvalue weighted by molar-refractivity contribution is 7.92. The number of hydrogen-bond donors (Lipinski definition) is 1. The molecule has 3 aromatic rings. The molecule has 3 rings (SSSR count). The van der Waals surface area contributed by atoms with E-state index in [0.717, 1.165) is 21.9 Å². The van der Waals surface area contributed by atoms with E-state index in [-0.39, 0.29) is 23.0 Å². The zero-order chi connectivity index (χ0) is 27.9. The summed E-state index contributed by atoms with van der Waals surface area (Å²) < 4.78 is 28.6. The van der Waals surface area contributed by atoms with E-state index in [1.807, 2.05) is 13.8 Å². The first kappa shape index (κ1) is 29.5. The highest BCUT2D eigenvalue weighted by Crippen LogP contribution is 2.27. The molecule has 0 aliphatic rings. The third kappa shape index (κ3) is 7.49. The fourth-order valence-corrected chi connectivity index (χ4v) is 5.48. The van der Waals surface area contributed by atoms with Crippen LogP contribution in [0.25, 0.3) is 0 Å². The fraction of sp³-hybridized carbons (Fsp3) is 0.286. The van der Waals surface area contributed by atoms with Crippen molar-refractivity contribution in [2.24, 2.45) is 0 Å². The molecule has 1 N–H and O–H groups in total. The highest BCUT2D eigenvalue weighted by atomic mass is 35.5. The minimum Gasteiger partial charge on any atom is -0.354 e. The first-order valence-electron chi connectivity index (χ1n) is 12.2. The number of rotatable bonds is 11. The minimum atomic E-state index is -4.15. The lowest BCUT2D eigenvalue weighted by molar-refractivity contribution is -0.139. The van der Waals surface area contributed by atoms with E-state index >= 15 is 0 Å². The van der Waals surface area contributed by atoms with Crippen LogP contribution >= 0.6 is 23.2 Å². The first-order valence-corrected chi connectivity index (χ1v) is 14.4. The number of carbonyl (C=O) groups is 2. The average Bonchev–Trinajstić information content (AvgIpc) is 2.89. The molecule has 7 nitrogen and oxygen atoms in total. The zero-order valence-corrected chi connectivity index (χ0v) is 23.9. The molecule has 0 fully saturated rings. The van der Waals surface area contributed by atoms with Crippen LogP contribution in [0.1, 0.15) is 31.4 Å². The van der Waals surface area contributed by atoms with Crippen molar-refractivity contribution in [3.05, 3.63) is 94.0 Å². The molecule has 0 radical (unpaired) electrons. The lowest BCUT2D eigenvalue weighted by Gasteiger charge is -2.32. The third-order valence-corrected chi connectivity index (χ3v) is 8.24. The summed E-state index contributed by atoms with van der Waals surface area (Å²) in [7, 11) is -4.15. The molecule has 1 unspecified atom stereocenters. The van der Waals surface area contributed by atoms with Gasteiger partial charge >= 0.3 is 0 Å². The van der Waals surface area contributed by atoms with Crippen LogP contribution in [0.4, 0.5) is 5.69 Å². The van der Waals surface area contributed by atoms with Gasteiger partial charge in [0, 0.05) is 23.1 Å². The number of nitrogens with one attached hydrogen (secondary N) is 1. The van der Waals surface area contributed by atoms with Gasteiger partial charge in [-0.05, 0) is 68.3 Å². The Morgan fingerprint density at radius 1 is 0.947 bits per heavy atom. The van der Waals surface area contributed by atoms with Crippen LogP contribution in [0.5, 0.6) is 0 Å². The molecule has 0 aliphatic carbocycles. The molecule has 1 atom stereocenters. The third-order valence-electron chi connectivity index (χ3n) is 5.97. The van der Waals surface area contributed by atoms with Crippen LogP contribution in [0.3, 0.4) is 0 Å². The highest BCUT2D eigenvalue weighted by Gasteiger charge is 2.32. The number of carbonyl (C=O) groups excluding carboxylic acids is 2. The van der Waals surface area contributed by atoms with Crippen LogP contribution in [0.15, 0.2) is 77.7 Å². The molecule has 0 aliphatic heterocycles. The Morgan fingerprint density at radius 3 is 2.21 bits per heavy atom. The molecule has 202 valence electrons. The summed E-state index contributed by atoms with van der Waals surface area (Å²) in [5.74, 6) is -0.875. The average molecular weight is 577 g/mol. The maximum atomic E-state index is 13.8. The van der Waals surface area contributed by atoms with Crippen LogP contribution < -0.4 is 9.62 Å². The molecule has 10 heteroatoms. The van der Waals surface area contributed by atoms with Crippen molar-refractivity contribution in [1.29, 1.82) is 0 Å². The topological polar surface area (TPSA) is 86.8 Å². The van der Waals surface area contributed by atoms with Crippen LogP contribution in [-0.4, -0.2) is 44.3 Å². The molecule has 2 amide bonds. The lowest BCUT2D eigenvalue weighted by Crippen LogP contribution is -2.51. The van der Waals surface area contributed by atoms with Gasteiger partial charge in [0.15, 0.2) is 0 Å². The maximum absolute atomic E-state index is 13.8. The number of nitrogens with zero attached hydrogens (tertiary/aromatic N) is 2. The van der Waals surface area contributed by atoms with Gasteiger partial charge in [0.2, 0.25) is 11.8 Å². The number of benzene rings is 3. The number of amides is 2. The van der Waals surface area contributed by atoms with Crippen molar-refractivity contribution in [3.63, 3.8) is 0 Å². The molecule has 0 bridgehead atoms. The normalized spacial score (nSPS) is 12.0. The molecule has 0 spiro atoms. The number of halogens is 2. The molecular weight excluding hydrogens is 545 g/mol. The number of anilines is 1. The molecule has 0 saturated carbocycles. The molecule has 38 heavy (non-hydrogen) atoms. The summed E-state index contributed by atoms with van der Waals surface area (Å²) in [5, 5.41) is 3.68. The number of sulfonamides is 1. The largest absolute Gasteiger partial charge is 0.354 e. The van der Waals surface area contributed by atoms with E-state index < -0.39 is 28.5 Å². The molecule has 0 heterocycles. The van der Waals surface area contributed by atoms with Gasteiger partial charge in [-0.15, -0.1) is 0 Å². The standard InChI is InChI=1S/C28H31Cl2N3O4S/c1-4-16-31-28(35)21(3)32(18-22-10-12-23(29)13-11-22)27(34)19-33(25-7-5-6-24(30)17-25)38(36,37)26-14-8-20(2)9-15-26/h5-15,17,21H,4,16,18-19H2,1-3H3,(H,31,35). The number of aryl methyl sites for hydroxylation is 1. The van der Waals surface area contributed by atoms with Crippen molar-refractivity contribution in [1.82, 2.24) is 10.2 Å². The van der Waals surface area contributed by atoms with E-state index in [1.54, 1.807) is 61.5 Å². The number of hydrogen-bond acceptors (Lipinski definition) is 4. The monoisotopic (exact) mass is 575 g/mol. The predicted molar refractivity (Wildman–Crippen MR) is 152 cm³/mol. The van der Waals surface area contributed by atoms with E-state index in [9.17, 15) is 18.0 Å². The van der Waals surface area contributed by atoms with Crippen molar-refractivity contribution >= 4 is 50.7 Å². The molecule has 0 saturated heterocycles. The fourth-order valence-electron chi connectivity index (χ4n) is 3.76. The second-order valence-corrected chi connectivity index (χ2v) is 11.7. The van der Waals surface area contributed by atoms with Gasteiger partial charge in [-0.2, -0.15) is 0 Å². The minimum absolute atomic E-state index is 0.0360. The van der Waals surface area contributed by atoms with Gasteiger partial charge in [-0.25, -0.2) is 8.42 Å². The van der Waals surface area contributed by atoms with Gasteiger partial charge in [-0.3, -0.25) is 13.9 Å². The lowest BCUT2D eigenvalue weighted by atomic mass is 10.1. The predicted octanol–water partition coefficient (Wildman–Crippen LogP) is 5.44. The van der Waals surface area contributed by atoms with Gasteiger partial charge in [0.1, 0.15) is 12.6 Å². The second kappa shape index (κ2) is 13.1. The van der Waals surface area contributed by atoms with Crippen molar-refractivity contribution in [2.75, 3.05) is 17.4 Å². The van der Waals surface area contributed by atoms with Crippen molar-refractivity contribution in [3.8, 4) is 0 Å². The smallest absolute Gasteiger partial charge is 0.264 e. The van der Waals surface area contributed by atoms with E-state index in [1.165, 1.54) is 23.1 Å². The summed E-state index contributed by atoms with van der Waals surface area (Å²) in [6.07, 6.45) is 0.737. The summed E-state index contributed by atoms with van der Waals surface area (Å²) in [4.78, 5) is 28.1. The molecule has 3 aromatic carbocycles. The van der Waals surface area contributed by atoms with E-state index in [2.05, 4.69) is 5.32 Å². The zero-order valence-electron chi connectivity index (χ0n) is 21.5. The Bertz CT molecular complexity index is 1360. The first-order chi connectivity index (χ1) is 18.0. The van der Waals surface area contributed by atoms with Crippen LogP contribution in [0.2, 0.25) is 10.0 Å². The molecule has 0 aromatic heterocycles. The van der Waals surface area contributed by atoms with Crippen molar-refractivity contribution < 1.29 is 18.0 Å². The summed E-state index contributed by atoms with van der Waals surface area (Å²) in [6.45, 7) is 5.43. The Hall–Kier alpha value is -3.07. The SMILES string of the molecule is CCCNC(=O)C(C)N(Cc1ccc(Cl)cc1)C(=O)CN(c1cccc(Cl)c1)S(=O)(=O)c1ccc(C)cc1. The van der Waals surface area contributed by atoms with Gasteiger partial charge in [0.05, 0.1) is 10.6 Å². The summed E-state index contributed by atoms with van der Waals surface area (Å²) in [5.41, 5.74) is 1.88. The van der Waals surface area contributed by atoms with Gasteiger partial charge < -0.3 is 10.2 Å². The molecular formula is C28H31Cl2N3O4S. The quantitative estimate of drug-likeness (QED) is 0.330. The van der Waals surface area contributed by atoms with E-state index in [0.29, 0.717) is 16.6 Å². The summed E-state index contributed by atoms with van der Waals surface area (Å²) >= 11 is 12.2. The Balaban J connectivity index is 2.01. The maximum Gasteiger partial charge on any atom is 0.264 e. The van der Waals surface area contributed by atoms with Crippen molar-refractivity contribution in [2.45, 2.75) is 44.7 Å². The van der Waals surface area contributed by atoms with Gasteiger partial charge in [-0.1, -0.05) is 66.0 Å². The Kier molecular flexibility index (Phi) is 10.2. The Morgan fingerprint density at radius 2 is 1.61 bits per heavy atom.